The Morgan fingerprint density at radius 1 is 1.32 bits per heavy atom. The monoisotopic (exact) mass is 328 g/mol. The second-order valence-corrected chi connectivity index (χ2v) is 9.59. The van der Waals surface area contributed by atoms with E-state index in [9.17, 15) is 18.0 Å². The van der Waals surface area contributed by atoms with Crippen molar-refractivity contribution in [3.63, 3.8) is 0 Å². The highest BCUT2D eigenvalue weighted by Gasteiger charge is 2.65. The number of carbonyl (C=O) groups excluding carboxylic acids is 2. The van der Waals surface area contributed by atoms with E-state index in [0.29, 0.717) is 12.8 Å². The van der Waals surface area contributed by atoms with Gasteiger partial charge >= 0.3 is 0 Å². The normalized spacial score (nSPS) is 33.6. The summed E-state index contributed by atoms with van der Waals surface area (Å²) in [5.41, 5.74) is 4.12. The van der Waals surface area contributed by atoms with Crippen LogP contribution in [0.3, 0.4) is 0 Å². The van der Waals surface area contributed by atoms with Crippen LogP contribution in [-0.2, 0) is 19.6 Å². The minimum absolute atomic E-state index is 0.0761. The number of primary amides is 1. The first kappa shape index (κ1) is 15.9. The molecule has 3 aliphatic carbocycles. The first-order valence-corrected chi connectivity index (χ1v) is 9.52. The second kappa shape index (κ2) is 4.77. The fourth-order valence-corrected chi connectivity index (χ4v) is 6.93. The van der Waals surface area contributed by atoms with Crippen LogP contribution < -0.4 is 5.73 Å². The second-order valence-electron chi connectivity index (χ2n) is 7.67. The molecule has 6 nitrogen and oxygen atoms in total. The summed E-state index contributed by atoms with van der Waals surface area (Å²) >= 11 is 0. The fraction of sp³-hybridized carbons (Fsp3) is 0.867. The van der Waals surface area contributed by atoms with Gasteiger partial charge in [-0.2, -0.15) is 4.31 Å². The molecule has 0 aromatic carbocycles. The van der Waals surface area contributed by atoms with Crippen molar-refractivity contribution < 1.29 is 18.0 Å². The molecule has 3 saturated carbocycles. The van der Waals surface area contributed by atoms with Gasteiger partial charge < -0.3 is 5.73 Å². The molecule has 7 heteroatoms. The smallest absolute Gasteiger partial charge is 0.232 e. The summed E-state index contributed by atoms with van der Waals surface area (Å²) in [6, 6.07) is -0.120. The first-order valence-electron chi connectivity index (χ1n) is 7.91. The number of hydrogen-bond acceptors (Lipinski definition) is 4. The number of Topliss-reactive ketones (excluding diaryl/α,β-unsaturated/α-hetero) is 1. The molecule has 3 rings (SSSR count). The van der Waals surface area contributed by atoms with Crippen molar-refractivity contribution in [2.75, 3.05) is 12.3 Å². The maximum atomic E-state index is 12.9. The van der Waals surface area contributed by atoms with Gasteiger partial charge in [-0.3, -0.25) is 9.59 Å². The van der Waals surface area contributed by atoms with E-state index in [1.807, 2.05) is 13.8 Å². The molecule has 0 heterocycles. The third-order valence-corrected chi connectivity index (χ3v) is 8.19. The molecular formula is C15H24N2O4S. The molecule has 0 unspecified atom stereocenters. The van der Waals surface area contributed by atoms with Gasteiger partial charge in [0.15, 0.2) is 0 Å². The number of nitrogens with two attached hydrogens (primary N) is 1. The van der Waals surface area contributed by atoms with Crippen LogP contribution in [0.1, 0.15) is 46.0 Å². The highest BCUT2D eigenvalue weighted by atomic mass is 32.2. The zero-order valence-corrected chi connectivity index (χ0v) is 14.0. The van der Waals surface area contributed by atoms with Crippen molar-refractivity contribution in [2.24, 2.45) is 22.5 Å². The van der Waals surface area contributed by atoms with Gasteiger partial charge in [-0.1, -0.05) is 13.8 Å². The van der Waals surface area contributed by atoms with Crippen molar-refractivity contribution >= 4 is 21.7 Å². The van der Waals surface area contributed by atoms with Gasteiger partial charge in [-0.25, -0.2) is 8.42 Å². The molecule has 0 radical (unpaired) electrons. The number of rotatable bonds is 6. The third kappa shape index (κ3) is 2.21. The molecule has 0 aliphatic heterocycles. The minimum Gasteiger partial charge on any atom is -0.369 e. The summed E-state index contributed by atoms with van der Waals surface area (Å²) < 4.78 is 27.0. The molecule has 2 atom stereocenters. The first-order chi connectivity index (χ1) is 10.1. The Morgan fingerprint density at radius 2 is 1.95 bits per heavy atom. The molecule has 0 aromatic rings. The van der Waals surface area contributed by atoms with Crippen molar-refractivity contribution in [2.45, 2.75) is 52.0 Å². The van der Waals surface area contributed by atoms with Gasteiger partial charge in [0.25, 0.3) is 0 Å². The lowest BCUT2D eigenvalue weighted by Crippen LogP contribution is -2.49. The van der Waals surface area contributed by atoms with Crippen LogP contribution in [0.15, 0.2) is 0 Å². The zero-order valence-electron chi connectivity index (χ0n) is 13.2. The molecule has 0 saturated heterocycles. The Morgan fingerprint density at radius 3 is 2.36 bits per heavy atom. The molecule has 3 fully saturated rings. The SMILES string of the molecule is CC1(C)[C@H]2CC[C@@]1(CS(=O)(=O)N(CC(N)=O)C1CC1)C(=O)C2. The lowest BCUT2D eigenvalue weighted by atomic mass is 9.70. The maximum absolute atomic E-state index is 12.9. The van der Waals surface area contributed by atoms with E-state index in [2.05, 4.69) is 0 Å². The Kier molecular flexibility index (Phi) is 3.45. The Hall–Kier alpha value is -0.950. The lowest BCUT2D eigenvalue weighted by molar-refractivity contribution is -0.128. The molecular weight excluding hydrogens is 304 g/mol. The standard InChI is InChI=1S/C15H24N2O4S/c1-14(2)10-5-6-15(14,12(18)7-10)9-22(20,21)17(8-13(16)19)11-3-4-11/h10-11H,3-9H2,1-2H3,(H2,16,19)/t10-,15+/m0/s1. The van der Waals surface area contributed by atoms with E-state index in [0.717, 1.165) is 19.3 Å². The molecule has 2 N–H and O–H groups in total. The zero-order chi connectivity index (χ0) is 16.3. The molecule has 2 bridgehead atoms. The van der Waals surface area contributed by atoms with Crippen molar-refractivity contribution in [3.05, 3.63) is 0 Å². The number of hydrogen-bond donors (Lipinski definition) is 1. The van der Waals surface area contributed by atoms with Gasteiger partial charge in [-0.15, -0.1) is 0 Å². The summed E-state index contributed by atoms with van der Waals surface area (Å²) in [5, 5.41) is 0. The molecule has 3 aliphatic rings. The van der Waals surface area contributed by atoms with Gasteiger partial charge in [0.2, 0.25) is 15.9 Å². The largest absolute Gasteiger partial charge is 0.369 e. The van der Waals surface area contributed by atoms with Crippen LogP contribution in [0.5, 0.6) is 0 Å². The number of carbonyl (C=O) groups is 2. The van der Waals surface area contributed by atoms with Crippen molar-refractivity contribution in [3.8, 4) is 0 Å². The highest BCUT2D eigenvalue weighted by molar-refractivity contribution is 7.89. The number of amides is 1. The van der Waals surface area contributed by atoms with Crippen LogP contribution in [0, 0.1) is 16.7 Å². The van der Waals surface area contributed by atoms with E-state index in [-0.39, 0.29) is 35.5 Å². The Balaban J connectivity index is 1.90. The molecule has 0 spiro atoms. The van der Waals surface area contributed by atoms with Crippen molar-refractivity contribution in [1.82, 2.24) is 4.31 Å². The summed E-state index contributed by atoms with van der Waals surface area (Å²) in [4.78, 5) is 23.7. The predicted octanol–water partition coefficient (Wildman–Crippen LogP) is 0.661. The van der Waals surface area contributed by atoms with Crippen LogP contribution in [-0.4, -0.2) is 42.8 Å². The van der Waals surface area contributed by atoms with E-state index >= 15 is 0 Å². The molecule has 124 valence electrons. The Bertz CT molecular complexity index is 623. The Labute approximate surface area is 131 Å². The van der Waals surface area contributed by atoms with Crippen LogP contribution in [0.2, 0.25) is 0 Å². The van der Waals surface area contributed by atoms with E-state index in [1.165, 1.54) is 4.31 Å². The summed E-state index contributed by atoms with van der Waals surface area (Å²) in [6.45, 7) is 3.75. The van der Waals surface area contributed by atoms with E-state index in [4.69, 9.17) is 5.73 Å². The average Bonchev–Trinajstić information content (AvgIpc) is 3.15. The minimum atomic E-state index is -3.67. The molecule has 1 amide bonds. The highest BCUT2D eigenvalue weighted by Crippen LogP contribution is 2.64. The summed E-state index contributed by atoms with van der Waals surface area (Å²) in [7, 11) is -3.67. The van der Waals surface area contributed by atoms with Crippen molar-refractivity contribution in [1.29, 1.82) is 0 Å². The number of sulfonamides is 1. The van der Waals surface area contributed by atoms with Gasteiger partial charge in [0.1, 0.15) is 5.78 Å². The average molecular weight is 328 g/mol. The van der Waals surface area contributed by atoms with E-state index in [1.54, 1.807) is 0 Å². The number of ketones is 1. The number of nitrogens with zero attached hydrogens (tertiary/aromatic N) is 1. The number of fused-ring (bicyclic) bond motifs is 2. The van der Waals surface area contributed by atoms with E-state index < -0.39 is 21.3 Å². The maximum Gasteiger partial charge on any atom is 0.232 e. The van der Waals surface area contributed by atoms with Gasteiger partial charge in [0.05, 0.1) is 12.3 Å². The molecule has 22 heavy (non-hydrogen) atoms. The van der Waals surface area contributed by atoms with Gasteiger partial charge in [-0.05, 0) is 37.0 Å². The molecule has 0 aromatic heterocycles. The summed E-state index contributed by atoms with van der Waals surface area (Å²) in [6.07, 6.45) is 3.56. The lowest BCUT2D eigenvalue weighted by Gasteiger charge is -2.37. The fourth-order valence-electron chi connectivity index (χ4n) is 4.47. The van der Waals surface area contributed by atoms with Crippen LogP contribution in [0.25, 0.3) is 0 Å². The topological polar surface area (TPSA) is 97.5 Å². The van der Waals surface area contributed by atoms with Crippen LogP contribution in [0.4, 0.5) is 0 Å². The van der Waals surface area contributed by atoms with Crippen LogP contribution >= 0.6 is 0 Å². The predicted molar refractivity (Wildman–Crippen MR) is 81.3 cm³/mol. The van der Waals surface area contributed by atoms with Gasteiger partial charge in [0, 0.05) is 17.9 Å². The third-order valence-electron chi connectivity index (χ3n) is 6.19. The quantitative estimate of drug-likeness (QED) is 0.774. The summed E-state index contributed by atoms with van der Waals surface area (Å²) in [5.74, 6) is -0.464.